The molecule has 1 aromatic heterocycles. The maximum absolute atomic E-state index is 13.2. The van der Waals surface area contributed by atoms with Crippen LogP contribution in [-0.2, 0) is 20.9 Å². The zero-order chi connectivity index (χ0) is 21.9. The Morgan fingerprint density at radius 3 is 2.60 bits per heavy atom. The van der Waals surface area contributed by atoms with Crippen molar-refractivity contribution in [1.29, 1.82) is 0 Å². The average Bonchev–Trinajstić information content (AvgIpc) is 2.81. The number of amides is 3. The van der Waals surface area contributed by atoms with E-state index in [1.807, 2.05) is 18.2 Å². The number of para-hydroxylation sites is 2. The summed E-state index contributed by atoms with van der Waals surface area (Å²) in [4.78, 5) is 49.2. The van der Waals surface area contributed by atoms with Crippen LogP contribution in [0.15, 0.2) is 29.1 Å². The molecule has 1 fully saturated rings. The van der Waals surface area contributed by atoms with Gasteiger partial charge in [0.05, 0.1) is 11.0 Å². The maximum Gasteiger partial charge on any atom is 0.407 e. The van der Waals surface area contributed by atoms with E-state index in [9.17, 15) is 19.2 Å². The largest absolute Gasteiger partial charge is 0.444 e. The maximum atomic E-state index is 13.2. The molecular weight excluding hydrogens is 388 g/mol. The van der Waals surface area contributed by atoms with Crippen molar-refractivity contribution in [2.24, 2.45) is 0 Å². The van der Waals surface area contributed by atoms with Crippen LogP contribution in [0.3, 0.4) is 0 Å². The van der Waals surface area contributed by atoms with Gasteiger partial charge < -0.3 is 10.1 Å². The fourth-order valence-electron chi connectivity index (χ4n) is 3.61. The number of nitrogens with one attached hydrogen (secondary N) is 2. The summed E-state index contributed by atoms with van der Waals surface area (Å²) in [6.07, 6.45) is 1.24. The molecule has 1 aliphatic rings. The third-order valence-electron chi connectivity index (χ3n) is 4.85. The molecule has 9 heteroatoms. The molecule has 162 valence electrons. The quantitative estimate of drug-likeness (QED) is 0.573. The van der Waals surface area contributed by atoms with Gasteiger partial charge in [0.2, 0.25) is 11.8 Å². The van der Waals surface area contributed by atoms with E-state index in [2.05, 4.69) is 10.6 Å². The summed E-state index contributed by atoms with van der Waals surface area (Å²) < 4.78 is 8.29. The highest BCUT2D eigenvalue weighted by atomic mass is 16.6. The first-order valence-electron chi connectivity index (χ1n) is 10.2. The lowest BCUT2D eigenvalue weighted by atomic mass is 10.1. The number of alkyl carbamates (subject to hydrolysis) is 1. The van der Waals surface area contributed by atoms with E-state index in [1.165, 1.54) is 4.57 Å². The second kappa shape index (κ2) is 8.73. The first-order valence-corrected chi connectivity index (χ1v) is 10.2. The molecule has 0 saturated carbocycles. The van der Waals surface area contributed by atoms with Crippen LogP contribution < -0.4 is 16.3 Å². The van der Waals surface area contributed by atoms with Crippen molar-refractivity contribution in [2.75, 3.05) is 6.54 Å². The Hall–Kier alpha value is -3.10. The van der Waals surface area contributed by atoms with Crippen molar-refractivity contribution in [3.63, 3.8) is 0 Å². The fraction of sp³-hybridized carbons (Fsp3) is 0.524. The molecule has 2 heterocycles. The van der Waals surface area contributed by atoms with Crippen molar-refractivity contribution in [3.8, 4) is 0 Å². The van der Waals surface area contributed by atoms with Gasteiger partial charge >= 0.3 is 11.8 Å². The molecule has 0 aliphatic carbocycles. The lowest BCUT2D eigenvalue weighted by molar-refractivity contribution is -0.131. The Kier molecular flexibility index (Phi) is 6.28. The number of hydrogen-bond acceptors (Lipinski definition) is 5. The van der Waals surface area contributed by atoms with E-state index in [1.54, 1.807) is 31.4 Å². The van der Waals surface area contributed by atoms with Gasteiger partial charge in [0.1, 0.15) is 11.6 Å². The number of ether oxygens (including phenoxy) is 1. The normalized spacial score (nSPS) is 17.5. The standard InChI is InChI=1S/C21H28N4O5/c1-21(2,3)30-19(28)22-12-7-13-24-14-8-4-5-9-15(14)25(20(24)29)16-10-6-11-17(26)23-18(16)27/h4-5,8-9,16H,6-7,10-13H2,1-3H3,(H,22,28)(H,23,26,27). The molecule has 1 aliphatic heterocycles. The monoisotopic (exact) mass is 416 g/mol. The predicted molar refractivity (Wildman–Crippen MR) is 111 cm³/mol. The number of imide groups is 1. The molecule has 1 unspecified atom stereocenters. The van der Waals surface area contributed by atoms with Gasteiger partial charge in [-0.25, -0.2) is 9.59 Å². The fourth-order valence-corrected chi connectivity index (χ4v) is 3.61. The molecule has 3 amide bonds. The smallest absolute Gasteiger partial charge is 0.407 e. The number of carbonyl (C=O) groups excluding carboxylic acids is 3. The minimum absolute atomic E-state index is 0.270. The number of aryl methyl sites for hydroxylation is 1. The minimum atomic E-state index is -0.727. The van der Waals surface area contributed by atoms with E-state index in [-0.39, 0.29) is 18.0 Å². The van der Waals surface area contributed by atoms with Gasteiger partial charge in [0.25, 0.3) is 0 Å². The van der Waals surface area contributed by atoms with E-state index in [0.717, 1.165) is 0 Å². The van der Waals surface area contributed by atoms with Crippen LogP contribution in [0.4, 0.5) is 4.79 Å². The Labute approximate surface area is 174 Å². The van der Waals surface area contributed by atoms with Crippen LogP contribution in [0, 0.1) is 0 Å². The molecule has 0 spiro atoms. The Morgan fingerprint density at radius 2 is 1.90 bits per heavy atom. The second-order valence-electron chi connectivity index (χ2n) is 8.40. The number of imidazole rings is 1. The van der Waals surface area contributed by atoms with Gasteiger partial charge in [-0.2, -0.15) is 0 Å². The van der Waals surface area contributed by atoms with E-state index in [0.29, 0.717) is 43.4 Å². The lowest BCUT2D eigenvalue weighted by Crippen LogP contribution is -2.38. The third-order valence-corrected chi connectivity index (χ3v) is 4.85. The number of benzene rings is 1. The molecule has 2 N–H and O–H groups in total. The van der Waals surface area contributed by atoms with E-state index < -0.39 is 23.6 Å². The zero-order valence-electron chi connectivity index (χ0n) is 17.6. The molecule has 30 heavy (non-hydrogen) atoms. The Bertz CT molecular complexity index is 1010. The summed E-state index contributed by atoms with van der Waals surface area (Å²) in [5.41, 5.74) is 0.484. The summed E-state index contributed by atoms with van der Waals surface area (Å²) in [5.74, 6) is -0.762. The first kappa shape index (κ1) is 21.6. The van der Waals surface area contributed by atoms with Crippen molar-refractivity contribution in [2.45, 2.75) is 64.6 Å². The van der Waals surface area contributed by atoms with E-state index >= 15 is 0 Å². The summed E-state index contributed by atoms with van der Waals surface area (Å²) >= 11 is 0. The Balaban J connectivity index is 1.79. The topological polar surface area (TPSA) is 111 Å². The summed E-state index contributed by atoms with van der Waals surface area (Å²) in [7, 11) is 0. The summed E-state index contributed by atoms with van der Waals surface area (Å²) in [5, 5.41) is 5.05. The third kappa shape index (κ3) is 4.90. The molecular formula is C21H28N4O5. The van der Waals surface area contributed by atoms with Gasteiger partial charge in [0, 0.05) is 19.5 Å². The number of aromatic nitrogens is 2. The van der Waals surface area contributed by atoms with E-state index in [4.69, 9.17) is 4.74 Å². The van der Waals surface area contributed by atoms with Gasteiger partial charge in [-0.05, 0) is 52.2 Å². The zero-order valence-corrected chi connectivity index (χ0v) is 17.6. The predicted octanol–water partition coefficient (Wildman–Crippen LogP) is 2.09. The van der Waals surface area contributed by atoms with Crippen LogP contribution in [0.2, 0.25) is 0 Å². The van der Waals surface area contributed by atoms with Crippen molar-refractivity contribution >= 4 is 28.9 Å². The number of fused-ring (bicyclic) bond motifs is 1. The lowest BCUT2D eigenvalue weighted by Gasteiger charge is -2.19. The molecule has 1 aromatic carbocycles. The number of hydrogen-bond donors (Lipinski definition) is 2. The van der Waals surface area contributed by atoms with Gasteiger partial charge in [0.15, 0.2) is 0 Å². The molecule has 1 saturated heterocycles. The van der Waals surface area contributed by atoms with Crippen LogP contribution in [-0.4, -0.2) is 39.2 Å². The van der Waals surface area contributed by atoms with Gasteiger partial charge in [-0.15, -0.1) is 0 Å². The van der Waals surface area contributed by atoms with Crippen molar-refractivity contribution < 1.29 is 19.1 Å². The highest BCUT2D eigenvalue weighted by molar-refractivity contribution is 5.98. The molecule has 9 nitrogen and oxygen atoms in total. The van der Waals surface area contributed by atoms with Crippen LogP contribution >= 0.6 is 0 Å². The number of carbonyl (C=O) groups is 3. The number of rotatable bonds is 5. The van der Waals surface area contributed by atoms with Crippen LogP contribution in [0.1, 0.15) is 52.5 Å². The van der Waals surface area contributed by atoms with Crippen molar-refractivity contribution in [1.82, 2.24) is 19.8 Å². The molecule has 3 rings (SSSR count). The van der Waals surface area contributed by atoms with Gasteiger partial charge in [-0.1, -0.05) is 12.1 Å². The van der Waals surface area contributed by atoms with Crippen molar-refractivity contribution in [3.05, 3.63) is 34.7 Å². The summed E-state index contributed by atoms with van der Waals surface area (Å²) in [6, 6.07) is 6.54. The Morgan fingerprint density at radius 1 is 1.20 bits per heavy atom. The van der Waals surface area contributed by atoms with Gasteiger partial charge in [-0.3, -0.25) is 24.0 Å². The number of nitrogens with zero attached hydrogens (tertiary/aromatic N) is 2. The highest BCUT2D eigenvalue weighted by Crippen LogP contribution is 2.23. The van der Waals surface area contributed by atoms with Crippen LogP contribution in [0.25, 0.3) is 11.0 Å². The average molecular weight is 416 g/mol. The minimum Gasteiger partial charge on any atom is -0.444 e. The molecule has 0 radical (unpaired) electrons. The second-order valence-corrected chi connectivity index (χ2v) is 8.40. The van der Waals surface area contributed by atoms with Crippen LogP contribution in [0.5, 0.6) is 0 Å². The molecule has 2 aromatic rings. The summed E-state index contributed by atoms with van der Waals surface area (Å²) in [6.45, 7) is 6.09. The molecule has 1 atom stereocenters. The first-order chi connectivity index (χ1) is 14.2. The molecule has 0 bridgehead atoms. The SMILES string of the molecule is CC(C)(C)OC(=O)NCCCn1c(=O)n(C2CCCC(=O)NC2=O)c2ccccc21. The highest BCUT2D eigenvalue weighted by Gasteiger charge is 2.29.